The maximum atomic E-state index is 2.38. The van der Waals surface area contributed by atoms with E-state index in [-0.39, 0.29) is 7.92 Å². The molecule has 0 radical (unpaired) electrons. The second-order valence-electron chi connectivity index (χ2n) is 10.8. The zero-order chi connectivity index (χ0) is 21.0. The van der Waals surface area contributed by atoms with Crippen LogP contribution >= 0.6 is 15.8 Å². The predicted octanol–water partition coefficient (Wildman–Crippen LogP) is 9.73. The second-order valence-corrected chi connectivity index (χ2v) is 18.1. The zero-order valence-corrected chi connectivity index (χ0v) is 22.5. The molecular weight excluding hydrogens is 350 g/mol. The summed E-state index contributed by atoms with van der Waals surface area (Å²) in [6.07, 6.45) is 13.2. The van der Waals surface area contributed by atoms with Gasteiger partial charge in [-0.2, -0.15) is 0 Å². The highest BCUT2D eigenvalue weighted by molar-refractivity contribution is 7.62. The minimum Gasteiger partial charge on any atom is -0.107 e. The molecule has 0 aliphatic rings. The van der Waals surface area contributed by atoms with Gasteiger partial charge in [0.25, 0.3) is 0 Å². The lowest BCUT2D eigenvalue weighted by molar-refractivity contribution is 0.644. The van der Waals surface area contributed by atoms with Crippen LogP contribution in [0, 0.1) is 0 Å². The Labute approximate surface area is 171 Å². The monoisotopic (exact) mass is 404 g/mol. The molecule has 0 aromatic heterocycles. The summed E-state index contributed by atoms with van der Waals surface area (Å²) >= 11 is 0. The van der Waals surface area contributed by atoms with E-state index in [2.05, 4.69) is 83.1 Å². The summed E-state index contributed by atoms with van der Waals surface area (Å²) in [7, 11) is 0.438. The van der Waals surface area contributed by atoms with Gasteiger partial charge < -0.3 is 0 Å². The molecule has 0 saturated heterocycles. The minimum atomic E-state index is 0.0162. The minimum absolute atomic E-state index is 0.0162. The molecule has 0 aliphatic carbocycles. The van der Waals surface area contributed by atoms with Crippen LogP contribution in [0.1, 0.15) is 122 Å². The van der Waals surface area contributed by atoms with Crippen LogP contribution in [0.4, 0.5) is 0 Å². The maximum absolute atomic E-state index is 2.38. The molecule has 0 amide bonds. The first-order chi connectivity index (χ1) is 11.7. The molecular formula is C24H54P2. The Kier molecular flexibility index (Phi) is 15.6. The fourth-order valence-corrected chi connectivity index (χ4v) is 13.5. The largest absolute Gasteiger partial charge is 0.107 e. The Morgan fingerprint density at radius 2 is 0.692 bits per heavy atom. The van der Waals surface area contributed by atoms with Crippen LogP contribution in [0.2, 0.25) is 0 Å². The van der Waals surface area contributed by atoms with Gasteiger partial charge in [-0.05, 0) is 53.2 Å². The van der Waals surface area contributed by atoms with E-state index in [0.29, 0.717) is 23.4 Å². The molecule has 0 saturated carbocycles. The molecule has 0 spiro atoms. The van der Waals surface area contributed by atoms with Crippen molar-refractivity contribution in [3.05, 3.63) is 0 Å². The molecule has 0 bridgehead atoms. The highest BCUT2D eigenvalue weighted by Gasteiger charge is 2.41. The van der Waals surface area contributed by atoms with Gasteiger partial charge in [-0.15, -0.1) is 7.92 Å². The Bertz CT molecular complexity index is 262. The molecule has 0 nitrogen and oxygen atoms in total. The summed E-state index contributed by atoms with van der Waals surface area (Å²) in [4.78, 5) is 0. The number of unbranched alkanes of at least 4 members (excludes halogenated alkanes) is 3. The Balaban J connectivity index is 0. The highest BCUT2D eigenvalue weighted by Crippen LogP contribution is 2.66. The van der Waals surface area contributed by atoms with E-state index in [4.69, 9.17) is 0 Å². The third kappa shape index (κ3) is 14.9. The average molecular weight is 405 g/mol. The van der Waals surface area contributed by atoms with Crippen LogP contribution in [0.3, 0.4) is 0 Å². The normalized spacial score (nSPS) is 13.2. The summed E-state index contributed by atoms with van der Waals surface area (Å²) in [5.41, 5.74) is 0. The Morgan fingerprint density at radius 1 is 0.462 bits per heavy atom. The highest BCUT2D eigenvalue weighted by atomic mass is 31.1. The van der Waals surface area contributed by atoms with E-state index < -0.39 is 0 Å². The lowest BCUT2D eigenvalue weighted by Crippen LogP contribution is -2.34. The van der Waals surface area contributed by atoms with Crippen molar-refractivity contribution >= 4 is 15.8 Å². The van der Waals surface area contributed by atoms with Crippen molar-refractivity contribution in [1.29, 1.82) is 0 Å². The quantitative estimate of drug-likeness (QED) is 0.335. The molecule has 0 fully saturated rings. The van der Waals surface area contributed by atoms with Gasteiger partial charge in [-0.25, -0.2) is 0 Å². The van der Waals surface area contributed by atoms with Crippen molar-refractivity contribution in [2.45, 2.75) is 137 Å². The molecule has 0 rings (SSSR count). The van der Waals surface area contributed by atoms with Gasteiger partial charge in [0.05, 0.1) is 0 Å². The summed E-state index contributed by atoms with van der Waals surface area (Å²) < 4.78 is 0. The molecule has 0 unspecified atom stereocenters. The van der Waals surface area contributed by atoms with E-state index in [0.717, 1.165) is 0 Å². The third-order valence-corrected chi connectivity index (χ3v) is 11.4. The van der Waals surface area contributed by atoms with Crippen LogP contribution in [0.5, 0.6) is 0 Å². The van der Waals surface area contributed by atoms with Crippen molar-refractivity contribution in [2.24, 2.45) is 0 Å². The molecule has 0 N–H and O–H groups in total. The van der Waals surface area contributed by atoms with E-state index >= 15 is 0 Å². The summed E-state index contributed by atoms with van der Waals surface area (Å²) in [5.74, 6) is 0. The van der Waals surface area contributed by atoms with Gasteiger partial charge >= 0.3 is 0 Å². The molecule has 2 heteroatoms. The fourth-order valence-electron chi connectivity index (χ4n) is 4.50. The van der Waals surface area contributed by atoms with Crippen molar-refractivity contribution in [2.75, 3.05) is 18.5 Å². The number of hydrogen-bond donors (Lipinski definition) is 0. The van der Waals surface area contributed by atoms with E-state index in [1.807, 2.05) is 0 Å². The predicted molar refractivity (Wildman–Crippen MR) is 132 cm³/mol. The van der Waals surface area contributed by atoms with Crippen LogP contribution in [0.25, 0.3) is 0 Å². The maximum Gasteiger partial charge on any atom is -0.0170 e. The smallest absolute Gasteiger partial charge is 0.0170 e. The van der Waals surface area contributed by atoms with Crippen LogP contribution in [0.15, 0.2) is 0 Å². The summed E-state index contributed by atoms with van der Waals surface area (Å²) in [6, 6.07) is 0. The SMILES string of the molecule is CC(C)(C)P(C(C)(C)C)C(C)(C)C.CCCCP(CCCC)CCCC. The standard InChI is InChI=1S/2C12H27P/c1-10(2,3)13(11(4,5)6)12(7,8)9;1-4-7-10-13(11-8-5-2)12-9-6-3/h1-9H3;4-12H2,1-3H3. The molecule has 0 aromatic rings. The van der Waals surface area contributed by atoms with Gasteiger partial charge in [0.15, 0.2) is 0 Å². The first-order valence-corrected chi connectivity index (χ1v) is 14.5. The number of hydrogen-bond acceptors (Lipinski definition) is 0. The average Bonchev–Trinajstić information content (AvgIpc) is 2.42. The zero-order valence-electron chi connectivity index (χ0n) is 20.8. The number of rotatable bonds is 9. The van der Waals surface area contributed by atoms with E-state index in [9.17, 15) is 0 Å². The summed E-state index contributed by atoms with van der Waals surface area (Å²) in [6.45, 7) is 28.4. The molecule has 0 aliphatic heterocycles. The van der Waals surface area contributed by atoms with E-state index in [1.165, 1.54) is 38.5 Å². The van der Waals surface area contributed by atoms with Gasteiger partial charge in [0.1, 0.15) is 0 Å². The van der Waals surface area contributed by atoms with Crippen molar-refractivity contribution < 1.29 is 0 Å². The van der Waals surface area contributed by atoms with Crippen molar-refractivity contribution in [1.82, 2.24) is 0 Å². The first kappa shape index (κ1) is 29.1. The lowest BCUT2D eigenvalue weighted by atomic mass is 10.2. The third-order valence-electron chi connectivity index (χ3n) is 4.50. The molecule has 0 heterocycles. The van der Waals surface area contributed by atoms with Gasteiger partial charge in [0.2, 0.25) is 0 Å². The topological polar surface area (TPSA) is 0 Å². The van der Waals surface area contributed by atoms with Crippen LogP contribution < -0.4 is 0 Å². The second kappa shape index (κ2) is 13.9. The summed E-state index contributed by atoms with van der Waals surface area (Å²) in [5, 5.41) is 1.35. The Morgan fingerprint density at radius 3 is 0.808 bits per heavy atom. The van der Waals surface area contributed by atoms with Crippen molar-refractivity contribution in [3.63, 3.8) is 0 Å². The van der Waals surface area contributed by atoms with Crippen LogP contribution in [-0.2, 0) is 0 Å². The van der Waals surface area contributed by atoms with Crippen molar-refractivity contribution in [3.8, 4) is 0 Å². The van der Waals surface area contributed by atoms with Crippen LogP contribution in [-0.4, -0.2) is 34.0 Å². The fraction of sp³-hybridized carbons (Fsp3) is 1.00. The molecule has 0 atom stereocenters. The van der Waals surface area contributed by atoms with Gasteiger partial charge in [-0.3, -0.25) is 0 Å². The molecule has 0 aromatic carbocycles. The molecule has 160 valence electrons. The van der Waals surface area contributed by atoms with Gasteiger partial charge in [0, 0.05) is 0 Å². The van der Waals surface area contributed by atoms with E-state index in [1.54, 1.807) is 18.5 Å². The van der Waals surface area contributed by atoms with Gasteiger partial charge in [-0.1, -0.05) is 110 Å². The lowest BCUT2D eigenvalue weighted by Gasteiger charge is -2.49. The Hall–Kier alpha value is 0.860. The first-order valence-electron chi connectivity index (χ1n) is 11.2. The molecule has 26 heavy (non-hydrogen) atoms.